The van der Waals surface area contributed by atoms with Crippen LogP contribution in [0.4, 0.5) is 5.69 Å². The topological polar surface area (TPSA) is 28.4 Å². The smallest absolute Gasteiger partial charge is 0.123 e. The van der Waals surface area contributed by atoms with Crippen LogP contribution in [0.2, 0.25) is 0 Å². The Labute approximate surface area is 127 Å². The summed E-state index contributed by atoms with van der Waals surface area (Å²) in [7, 11) is 0. The second kappa shape index (κ2) is 5.94. The highest BCUT2D eigenvalue weighted by molar-refractivity contribution is 5.59. The van der Waals surface area contributed by atoms with E-state index in [1.54, 1.807) is 0 Å². The van der Waals surface area contributed by atoms with Crippen LogP contribution in [0.15, 0.2) is 41.0 Å². The average molecular weight is 284 g/mol. The van der Waals surface area contributed by atoms with Crippen molar-refractivity contribution in [2.75, 3.05) is 4.90 Å². The van der Waals surface area contributed by atoms with Gasteiger partial charge in [-0.3, -0.25) is 0 Å². The van der Waals surface area contributed by atoms with E-state index < -0.39 is 0 Å². The third kappa shape index (κ3) is 3.13. The van der Waals surface area contributed by atoms with Crippen molar-refractivity contribution in [3.05, 3.63) is 53.5 Å². The predicted octanol–water partition coefficient (Wildman–Crippen LogP) is 3.73. The Morgan fingerprint density at radius 3 is 2.95 bits per heavy atom. The zero-order valence-electron chi connectivity index (χ0n) is 13.1. The normalized spacial score (nSPS) is 17.5. The maximum absolute atomic E-state index is 5.74. The Balaban J connectivity index is 1.69. The molecular formula is C18H24N2O. The minimum Gasteiger partial charge on any atom is -0.467 e. The molecule has 0 saturated heterocycles. The van der Waals surface area contributed by atoms with E-state index >= 15 is 0 Å². The van der Waals surface area contributed by atoms with Crippen LogP contribution in [0.5, 0.6) is 0 Å². The average Bonchev–Trinajstić information content (AvgIpc) is 3.02. The lowest BCUT2D eigenvalue weighted by Crippen LogP contribution is -2.28. The lowest BCUT2D eigenvalue weighted by atomic mass is 10.1. The van der Waals surface area contributed by atoms with Crippen molar-refractivity contribution in [1.82, 2.24) is 5.32 Å². The minimum atomic E-state index is 0.494. The van der Waals surface area contributed by atoms with Gasteiger partial charge in [-0.2, -0.15) is 0 Å². The first-order chi connectivity index (χ1) is 10.1. The van der Waals surface area contributed by atoms with Crippen molar-refractivity contribution >= 4 is 5.69 Å². The molecule has 2 aromatic rings. The van der Waals surface area contributed by atoms with Crippen LogP contribution in [0.3, 0.4) is 0 Å². The Bertz CT molecular complexity index is 603. The van der Waals surface area contributed by atoms with E-state index in [0.29, 0.717) is 12.1 Å². The third-order valence-electron chi connectivity index (χ3n) is 4.10. The monoisotopic (exact) mass is 284 g/mol. The molecule has 0 amide bonds. The first-order valence-electron chi connectivity index (χ1n) is 7.77. The van der Waals surface area contributed by atoms with E-state index in [9.17, 15) is 0 Å². The molecule has 0 bridgehead atoms. The third-order valence-corrected chi connectivity index (χ3v) is 4.10. The van der Waals surface area contributed by atoms with Crippen molar-refractivity contribution in [2.24, 2.45) is 0 Å². The standard InChI is InChI=1S/C18H24N2O/c1-13(2)19-10-15-9-17(21-12-15)11-20-14(3)8-16-6-4-5-7-18(16)20/h4-7,9,12-14,19H,8,10-11H2,1-3H3. The number of benzene rings is 1. The van der Waals surface area contributed by atoms with Crippen molar-refractivity contribution in [1.29, 1.82) is 0 Å². The van der Waals surface area contributed by atoms with Crippen LogP contribution in [0.25, 0.3) is 0 Å². The van der Waals surface area contributed by atoms with Crippen molar-refractivity contribution in [3.63, 3.8) is 0 Å². The quantitative estimate of drug-likeness (QED) is 0.907. The molecule has 0 aliphatic carbocycles. The fraction of sp³-hybridized carbons (Fsp3) is 0.444. The van der Waals surface area contributed by atoms with E-state index in [1.165, 1.54) is 16.8 Å². The van der Waals surface area contributed by atoms with Crippen LogP contribution in [0, 0.1) is 0 Å². The van der Waals surface area contributed by atoms with Gasteiger partial charge in [0.1, 0.15) is 5.76 Å². The maximum Gasteiger partial charge on any atom is 0.123 e. The second-order valence-electron chi connectivity index (χ2n) is 6.27. The summed E-state index contributed by atoms with van der Waals surface area (Å²) in [5.41, 5.74) is 4.01. The Morgan fingerprint density at radius 2 is 2.14 bits per heavy atom. The maximum atomic E-state index is 5.74. The van der Waals surface area contributed by atoms with Crippen molar-refractivity contribution in [3.8, 4) is 0 Å². The number of nitrogens with zero attached hydrogens (tertiary/aromatic N) is 1. The lowest BCUT2D eigenvalue weighted by Gasteiger charge is -2.23. The molecule has 1 unspecified atom stereocenters. The van der Waals surface area contributed by atoms with Gasteiger partial charge in [0.25, 0.3) is 0 Å². The summed E-state index contributed by atoms with van der Waals surface area (Å²) in [4.78, 5) is 2.44. The van der Waals surface area contributed by atoms with Gasteiger partial charge < -0.3 is 14.6 Å². The molecule has 1 N–H and O–H groups in total. The summed E-state index contributed by atoms with van der Waals surface area (Å²) in [6, 6.07) is 11.9. The van der Waals surface area contributed by atoms with E-state index in [0.717, 1.165) is 25.3 Å². The number of fused-ring (bicyclic) bond motifs is 1. The van der Waals surface area contributed by atoms with Crippen molar-refractivity contribution < 1.29 is 4.42 Å². The van der Waals surface area contributed by atoms with Crippen LogP contribution < -0.4 is 10.2 Å². The van der Waals surface area contributed by atoms with E-state index in [2.05, 4.69) is 61.3 Å². The molecule has 0 spiro atoms. The molecule has 0 radical (unpaired) electrons. The molecule has 1 aromatic heterocycles. The van der Waals surface area contributed by atoms with Gasteiger partial charge >= 0.3 is 0 Å². The minimum absolute atomic E-state index is 0.494. The van der Waals surface area contributed by atoms with Crippen LogP contribution in [-0.2, 0) is 19.5 Å². The molecule has 3 nitrogen and oxygen atoms in total. The molecule has 1 aliphatic heterocycles. The summed E-state index contributed by atoms with van der Waals surface area (Å²) in [5.74, 6) is 1.04. The number of anilines is 1. The fourth-order valence-corrected chi connectivity index (χ4v) is 2.96. The zero-order valence-corrected chi connectivity index (χ0v) is 13.1. The molecule has 3 rings (SSSR count). The van der Waals surface area contributed by atoms with Gasteiger partial charge in [0.05, 0.1) is 12.8 Å². The van der Waals surface area contributed by atoms with E-state index in [1.807, 2.05) is 6.26 Å². The fourth-order valence-electron chi connectivity index (χ4n) is 2.96. The van der Waals surface area contributed by atoms with Gasteiger partial charge in [-0.1, -0.05) is 32.0 Å². The molecule has 2 heterocycles. The number of nitrogens with one attached hydrogen (secondary N) is 1. The Morgan fingerprint density at radius 1 is 1.33 bits per heavy atom. The van der Waals surface area contributed by atoms with Gasteiger partial charge in [0, 0.05) is 29.9 Å². The van der Waals surface area contributed by atoms with Gasteiger partial charge in [-0.05, 0) is 31.0 Å². The molecule has 0 fully saturated rings. The molecule has 1 aromatic carbocycles. The molecule has 21 heavy (non-hydrogen) atoms. The van der Waals surface area contributed by atoms with Crippen molar-refractivity contribution in [2.45, 2.75) is 52.4 Å². The molecule has 0 saturated carbocycles. The highest BCUT2D eigenvalue weighted by Crippen LogP contribution is 2.33. The SMILES string of the molecule is CC(C)NCc1coc(CN2c3ccccc3CC2C)c1. The van der Waals surface area contributed by atoms with Gasteiger partial charge in [-0.15, -0.1) is 0 Å². The number of para-hydroxylation sites is 1. The van der Waals surface area contributed by atoms with Gasteiger partial charge in [0.15, 0.2) is 0 Å². The Kier molecular flexibility index (Phi) is 4.02. The second-order valence-corrected chi connectivity index (χ2v) is 6.27. The van der Waals surface area contributed by atoms with Crippen LogP contribution >= 0.6 is 0 Å². The first kappa shape index (κ1) is 14.2. The molecule has 3 heteroatoms. The first-order valence-corrected chi connectivity index (χ1v) is 7.77. The largest absolute Gasteiger partial charge is 0.467 e. The molecule has 112 valence electrons. The van der Waals surface area contributed by atoms with Crippen LogP contribution in [0.1, 0.15) is 37.7 Å². The van der Waals surface area contributed by atoms with Crippen LogP contribution in [-0.4, -0.2) is 12.1 Å². The number of hydrogen-bond acceptors (Lipinski definition) is 3. The zero-order chi connectivity index (χ0) is 14.8. The molecule has 1 atom stereocenters. The summed E-state index contributed by atoms with van der Waals surface area (Å²) < 4.78 is 5.74. The summed E-state index contributed by atoms with van der Waals surface area (Å²) >= 11 is 0. The Hall–Kier alpha value is -1.74. The highest BCUT2D eigenvalue weighted by atomic mass is 16.3. The van der Waals surface area contributed by atoms with E-state index in [-0.39, 0.29) is 0 Å². The number of furan rings is 1. The lowest BCUT2D eigenvalue weighted by molar-refractivity contribution is 0.490. The van der Waals surface area contributed by atoms with E-state index in [4.69, 9.17) is 4.42 Å². The predicted molar refractivity (Wildman–Crippen MR) is 86.5 cm³/mol. The number of rotatable bonds is 5. The molecule has 1 aliphatic rings. The highest BCUT2D eigenvalue weighted by Gasteiger charge is 2.26. The summed E-state index contributed by atoms with van der Waals surface area (Å²) in [6.07, 6.45) is 3.00. The summed E-state index contributed by atoms with van der Waals surface area (Å²) in [6.45, 7) is 8.31. The van der Waals surface area contributed by atoms with Gasteiger partial charge in [-0.25, -0.2) is 0 Å². The molecular weight excluding hydrogens is 260 g/mol. The summed E-state index contributed by atoms with van der Waals surface area (Å²) in [5, 5.41) is 3.42. The number of hydrogen-bond donors (Lipinski definition) is 1. The van der Waals surface area contributed by atoms with Gasteiger partial charge in [0.2, 0.25) is 0 Å².